The lowest BCUT2D eigenvalue weighted by Crippen LogP contribution is -2.28. The Morgan fingerprint density at radius 3 is 2.35 bits per heavy atom. The first-order valence-corrected chi connectivity index (χ1v) is 11.0. The molecular weight excluding hydrogens is 388 g/mol. The van der Waals surface area contributed by atoms with Gasteiger partial charge in [0.2, 0.25) is 0 Å². The van der Waals surface area contributed by atoms with Gasteiger partial charge in [-0.1, -0.05) is 81.5 Å². The molecule has 5 heteroatoms. The van der Waals surface area contributed by atoms with E-state index in [-0.39, 0.29) is 5.91 Å². The van der Waals surface area contributed by atoms with Crippen LogP contribution in [-0.4, -0.2) is 18.5 Å². The van der Waals surface area contributed by atoms with Gasteiger partial charge in [0.05, 0.1) is 0 Å². The quantitative estimate of drug-likeness (QED) is 0.367. The van der Waals surface area contributed by atoms with Crippen molar-refractivity contribution in [2.24, 2.45) is 0 Å². The zero-order valence-corrected chi connectivity index (χ0v) is 18.0. The van der Waals surface area contributed by atoms with Crippen LogP contribution in [0.3, 0.4) is 0 Å². The highest BCUT2D eigenvalue weighted by Crippen LogP contribution is 2.28. The predicted molar refractivity (Wildman–Crippen MR) is 126 cm³/mol. The number of carbonyl (C=O) groups excluding carboxylic acids is 2. The molecule has 162 valence electrons. The van der Waals surface area contributed by atoms with E-state index in [0.29, 0.717) is 23.5 Å². The number of nitrogens with one attached hydrogen (secondary N) is 2. The van der Waals surface area contributed by atoms with Gasteiger partial charge in [-0.05, 0) is 36.1 Å². The number of ether oxygens (including phenoxy) is 1. The summed E-state index contributed by atoms with van der Waals surface area (Å²) in [5.74, 6) is 0.117. The fourth-order valence-corrected chi connectivity index (χ4v) is 3.45. The van der Waals surface area contributed by atoms with Crippen LogP contribution in [0, 0.1) is 0 Å². The molecule has 3 aromatic carbocycles. The molecule has 0 spiro atoms. The molecule has 0 aliphatic heterocycles. The van der Waals surface area contributed by atoms with Crippen molar-refractivity contribution in [3.05, 3.63) is 72.3 Å². The van der Waals surface area contributed by atoms with Gasteiger partial charge >= 0.3 is 6.09 Å². The van der Waals surface area contributed by atoms with Crippen molar-refractivity contribution in [3.8, 4) is 5.75 Å². The first-order valence-electron chi connectivity index (χ1n) is 11.0. The summed E-state index contributed by atoms with van der Waals surface area (Å²) in [6.07, 6.45) is 6.44. The molecule has 3 aromatic rings. The summed E-state index contributed by atoms with van der Waals surface area (Å²) in [6, 6.07) is 20.2. The summed E-state index contributed by atoms with van der Waals surface area (Å²) in [5, 5.41) is 7.31. The number of unbranched alkanes of at least 4 members (excludes halogenated alkanes) is 5. The fraction of sp³-hybridized carbons (Fsp3) is 0.308. The average Bonchev–Trinajstić information content (AvgIpc) is 2.79. The Balaban J connectivity index is 1.65. The van der Waals surface area contributed by atoms with Crippen molar-refractivity contribution in [1.29, 1.82) is 0 Å². The maximum atomic E-state index is 12.7. The second-order valence-electron chi connectivity index (χ2n) is 7.60. The van der Waals surface area contributed by atoms with Crippen molar-refractivity contribution in [2.45, 2.75) is 45.4 Å². The van der Waals surface area contributed by atoms with Gasteiger partial charge in [-0.25, -0.2) is 4.79 Å². The van der Waals surface area contributed by atoms with Crippen molar-refractivity contribution in [2.75, 3.05) is 11.9 Å². The van der Waals surface area contributed by atoms with E-state index in [1.54, 1.807) is 12.1 Å². The molecule has 0 bridgehead atoms. The van der Waals surface area contributed by atoms with E-state index in [9.17, 15) is 9.59 Å². The number of carbonyl (C=O) groups is 2. The lowest BCUT2D eigenvalue weighted by atomic mass is 10.1. The first-order chi connectivity index (χ1) is 15.2. The van der Waals surface area contributed by atoms with Gasteiger partial charge in [0, 0.05) is 23.2 Å². The van der Waals surface area contributed by atoms with E-state index >= 15 is 0 Å². The smallest absolute Gasteiger partial charge is 0.410 e. The third kappa shape index (κ3) is 6.85. The van der Waals surface area contributed by atoms with Crippen molar-refractivity contribution < 1.29 is 14.3 Å². The Morgan fingerprint density at radius 1 is 0.839 bits per heavy atom. The molecule has 0 saturated carbocycles. The van der Waals surface area contributed by atoms with Crippen molar-refractivity contribution in [1.82, 2.24) is 5.32 Å². The third-order valence-electron chi connectivity index (χ3n) is 5.12. The summed E-state index contributed by atoms with van der Waals surface area (Å²) in [5.41, 5.74) is 1.14. The molecular formula is C26H30N2O3. The van der Waals surface area contributed by atoms with Gasteiger partial charge in [0.1, 0.15) is 5.75 Å². The SMILES string of the molecule is CCCCCCCCNC(=O)Oc1cc(C(=O)Nc2ccccc2)cc2ccccc12. The number of hydrogen-bond donors (Lipinski definition) is 2. The number of amides is 2. The molecule has 0 radical (unpaired) electrons. The van der Waals surface area contributed by atoms with Gasteiger partial charge in [-0.3, -0.25) is 4.79 Å². The molecule has 0 unspecified atom stereocenters. The van der Waals surface area contributed by atoms with Crippen molar-refractivity contribution >= 4 is 28.5 Å². The van der Waals surface area contributed by atoms with Crippen LogP contribution in [0.4, 0.5) is 10.5 Å². The molecule has 0 aliphatic rings. The Hall–Kier alpha value is -3.34. The minimum absolute atomic E-state index is 0.255. The standard InChI is InChI=1S/C26H30N2O3/c1-2-3-4-5-6-12-17-27-26(30)31-24-19-21(18-20-13-10-11-16-23(20)24)25(29)28-22-14-8-7-9-15-22/h7-11,13-16,18-19H,2-6,12,17H2,1H3,(H,27,30)(H,28,29). The van der Waals surface area contributed by atoms with Gasteiger partial charge in [-0.2, -0.15) is 0 Å². The van der Waals surface area contributed by atoms with Crippen LogP contribution in [0.15, 0.2) is 66.7 Å². The minimum atomic E-state index is -0.501. The maximum absolute atomic E-state index is 12.7. The highest BCUT2D eigenvalue weighted by molar-refractivity contribution is 6.07. The molecule has 2 N–H and O–H groups in total. The topological polar surface area (TPSA) is 67.4 Å². The molecule has 3 rings (SSSR count). The number of rotatable bonds is 10. The molecule has 31 heavy (non-hydrogen) atoms. The third-order valence-corrected chi connectivity index (χ3v) is 5.12. The second-order valence-corrected chi connectivity index (χ2v) is 7.60. The Labute approximate surface area is 183 Å². The summed E-state index contributed by atoms with van der Waals surface area (Å²) in [4.78, 5) is 25.1. The molecule has 0 aromatic heterocycles. The molecule has 0 aliphatic carbocycles. The highest BCUT2D eigenvalue weighted by Gasteiger charge is 2.14. The number of hydrogen-bond acceptors (Lipinski definition) is 3. The maximum Gasteiger partial charge on any atom is 0.412 e. The van der Waals surface area contributed by atoms with Crippen molar-refractivity contribution in [3.63, 3.8) is 0 Å². The van der Waals surface area contributed by atoms with Crippen LogP contribution in [0.25, 0.3) is 10.8 Å². The van der Waals surface area contributed by atoms with Crippen LogP contribution in [0.5, 0.6) is 5.75 Å². The van der Waals surface area contributed by atoms with Gasteiger partial charge in [0.25, 0.3) is 5.91 Å². The Bertz CT molecular complexity index is 1000. The molecule has 5 nitrogen and oxygen atoms in total. The largest absolute Gasteiger partial charge is 0.412 e. The Kier molecular flexibility index (Phi) is 8.47. The van der Waals surface area contributed by atoms with Gasteiger partial charge in [0.15, 0.2) is 0 Å². The predicted octanol–water partition coefficient (Wildman–Crippen LogP) is 6.54. The van der Waals surface area contributed by atoms with Crippen LogP contribution < -0.4 is 15.4 Å². The lowest BCUT2D eigenvalue weighted by Gasteiger charge is -2.12. The van der Waals surface area contributed by atoms with E-state index in [1.165, 1.54) is 25.7 Å². The van der Waals surface area contributed by atoms with Crippen LogP contribution in [0.1, 0.15) is 55.8 Å². The van der Waals surface area contributed by atoms with Crippen LogP contribution in [-0.2, 0) is 0 Å². The Morgan fingerprint density at radius 2 is 1.55 bits per heavy atom. The summed E-state index contributed by atoms with van der Waals surface area (Å²) >= 11 is 0. The molecule has 0 saturated heterocycles. The van der Waals surface area contributed by atoms with E-state index in [4.69, 9.17) is 4.74 Å². The highest BCUT2D eigenvalue weighted by atomic mass is 16.6. The molecule has 0 atom stereocenters. The van der Waals surface area contributed by atoms with Crippen LogP contribution in [0.2, 0.25) is 0 Å². The number of anilines is 1. The van der Waals surface area contributed by atoms with Crippen LogP contribution >= 0.6 is 0 Å². The first kappa shape index (κ1) is 22.3. The molecule has 2 amide bonds. The molecule has 0 heterocycles. The zero-order chi connectivity index (χ0) is 21.9. The van der Waals surface area contributed by atoms with E-state index in [0.717, 1.165) is 23.6 Å². The number of fused-ring (bicyclic) bond motifs is 1. The summed E-state index contributed by atoms with van der Waals surface area (Å²) in [6.45, 7) is 2.78. The molecule has 0 fully saturated rings. The zero-order valence-electron chi connectivity index (χ0n) is 18.0. The van der Waals surface area contributed by atoms with E-state index < -0.39 is 6.09 Å². The van der Waals surface area contributed by atoms with Gasteiger partial charge < -0.3 is 15.4 Å². The second kappa shape index (κ2) is 11.7. The number of para-hydroxylation sites is 1. The summed E-state index contributed by atoms with van der Waals surface area (Å²) < 4.78 is 5.58. The fourth-order valence-electron chi connectivity index (χ4n) is 3.45. The monoisotopic (exact) mass is 418 g/mol. The minimum Gasteiger partial charge on any atom is -0.410 e. The summed E-state index contributed by atoms with van der Waals surface area (Å²) in [7, 11) is 0. The number of benzene rings is 3. The van der Waals surface area contributed by atoms with E-state index in [2.05, 4.69) is 17.6 Å². The average molecular weight is 419 g/mol. The lowest BCUT2D eigenvalue weighted by molar-refractivity contribution is 0.102. The van der Waals surface area contributed by atoms with E-state index in [1.807, 2.05) is 54.6 Å². The normalized spacial score (nSPS) is 10.6. The van der Waals surface area contributed by atoms with Gasteiger partial charge in [-0.15, -0.1) is 0 Å².